The monoisotopic (exact) mass is 332 g/mol. The summed E-state index contributed by atoms with van der Waals surface area (Å²) in [5.74, 6) is 0. The number of nitrogens with one attached hydrogen (secondary N) is 1. The van der Waals surface area contributed by atoms with Crippen molar-refractivity contribution in [3.05, 3.63) is 63.1 Å². The lowest BCUT2D eigenvalue weighted by Gasteiger charge is -2.23. The first-order valence-corrected chi connectivity index (χ1v) is 7.60. The molecule has 0 saturated carbocycles. The van der Waals surface area contributed by atoms with Crippen LogP contribution in [-0.2, 0) is 0 Å². The third-order valence-corrected chi connectivity index (χ3v) is 3.97. The molecule has 20 heavy (non-hydrogen) atoms. The maximum Gasteiger partial charge on any atom is 0.0641 e. The second-order valence-corrected chi connectivity index (χ2v) is 6.17. The molecule has 0 aliphatic carbocycles. The maximum absolute atomic E-state index is 5.99. The Hall–Kier alpha value is -1.32. The second-order valence-electron chi connectivity index (χ2n) is 5.26. The Kier molecular flexibility index (Phi) is 4.84. The Morgan fingerprint density at radius 3 is 2.30 bits per heavy atom. The molecule has 2 rings (SSSR count). The van der Waals surface area contributed by atoms with Crippen molar-refractivity contribution in [2.75, 3.05) is 11.9 Å². The largest absolute Gasteiger partial charge is 0.377 e. The highest BCUT2D eigenvalue weighted by Crippen LogP contribution is 2.27. The van der Waals surface area contributed by atoms with Crippen molar-refractivity contribution in [2.45, 2.75) is 26.8 Å². The van der Waals surface area contributed by atoms with Crippen molar-refractivity contribution in [3.63, 3.8) is 0 Å². The van der Waals surface area contributed by atoms with Gasteiger partial charge in [-0.05, 0) is 61.2 Å². The zero-order valence-electron chi connectivity index (χ0n) is 12.2. The van der Waals surface area contributed by atoms with Crippen LogP contribution in [0.25, 0.3) is 0 Å². The predicted octanol–water partition coefficient (Wildman–Crippen LogP) is 4.49. The van der Waals surface area contributed by atoms with E-state index >= 15 is 0 Å². The molecule has 0 aliphatic rings. The molecule has 0 aromatic heterocycles. The third-order valence-electron chi connectivity index (χ3n) is 3.51. The van der Waals surface area contributed by atoms with Gasteiger partial charge in [0, 0.05) is 16.7 Å². The highest BCUT2D eigenvalue weighted by Gasteiger charge is 2.14. The van der Waals surface area contributed by atoms with Gasteiger partial charge in [0.05, 0.1) is 6.04 Å². The van der Waals surface area contributed by atoms with Crippen molar-refractivity contribution in [1.29, 1.82) is 0 Å². The lowest BCUT2D eigenvalue weighted by atomic mass is 9.96. The summed E-state index contributed by atoms with van der Waals surface area (Å²) >= 11 is 3.54. The topological polar surface area (TPSA) is 38.0 Å². The van der Waals surface area contributed by atoms with E-state index in [4.69, 9.17) is 5.73 Å². The summed E-state index contributed by atoms with van der Waals surface area (Å²) < 4.78 is 1.08. The fourth-order valence-electron chi connectivity index (χ4n) is 2.65. The molecule has 0 spiro atoms. The first-order valence-electron chi connectivity index (χ1n) is 6.81. The van der Waals surface area contributed by atoms with Crippen LogP contribution in [0.5, 0.6) is 0 Å². The van der Waals surface area contributed by atoms with E-state index in [1.54, 1.807) is 0 Å². The number of rotatable bonds is 4. The first kappa shape index (κ1) is 15.1. The summed E-state index contributed by atoms with van der Waals surface area (Å²) in [6, 6.07) is 12.8. The zero-order valence-corrected chi connectivity index (χ0v) is 13.8. The maximum atomic E-state index is 5.99. The summed E-state index contributed by atoms with van der Waals surface area (Å²) in [5, 5.41) is 3.55. The molecule has 3 heteroatoms. The van der Waals surface area contributed by atoms with Crippen LogP contribution < -0.4 is 11.1 Å². The molecule has 0 heterocycles. The lowest BCUT2D eigenvalue weighted by molar-refractivity contribution is 0.777. The Morgan fingerprint density at radius 1 is 1.10 bits per heavy atom. The van der Waals surface area contributed by atoms with Gasteiger partial charge in [-0.2, -0.15) is 0 Å². The van der Waals surface area contributed by atoms with Gasteiger partial charge >= 0.3 is 0 Å². The number of aryl methyl sites for hydroxylation is 3. The number of benzene rings is 2. The van der Waals surface area contributed by atoms with Crippen LogP contribution in [0.2, 0.25) is 0 Å². The molecule has 2 aromatic rings. The van der Waals surface area contributed by atoms with Crippen molar-refractivity contribution in [2.24, 2.45) is 5.73 Å². The van der Waals surface area contributed by atoms with Gasteiger partial charge in [0.1, 0.15) is 0 Å². The Labute approximate surface area is 129 Å². The highest BCUT2D eigenvalue weighted by molar-refractivity contribution is 9.10. The SMILES string of the molecule is Cc1cc(Br)cc(NC(CN)c2c(C)cccc2C)c1. The van der Waals surface area contributed by atoms with Crippen molar-refractivity contribution >= 4 is 21.6 Å². The van der Waals surface area contributed by atoms with E-state index in [1.165, 1.54) is 22.3 Å². The second kappa shape index (κ2) is 6.42. The average molecular weight is 333 g/mol. The van der Waals surface area contributed by atoms with Gasteiger partial charge in [-0.1, -0.05) is 34.1 Å². The fourth-order valence-corrected chi connectivity index (χ4v) is 3.25. The van der Waals surface area contributed by atoms with Crippen molar-refractivity contribution < 1.29 is 0 Å². The number of halogens is 1. The molecule has 0 fully saturated rings. The molecule has 0 saturated heterocycles. The zero-order chi connectivity index (χ0) is 14.7. The van der Waals surface area contributed by atoms with E-state index in [2.05, 4.69) is 78.4 Å². The van der Waals surface area contributed by atoms with E-state index < -0.39 is 0 Å². The summed E-state index contributed by atoms with van der Waals surface area (Å²) in [5.41, 5.74) is 12.2. The highest BCUT2D eigenvalue weighted by atomic mass is 79.9. The Bertz CT molecular complexity index is 567. The molecule has 3 N–H and O–H groups in total. The molecule has 2 aromatic carbocycles. The summed E-state index contributed by atoms with van der Waals surface area (Å²) in [7, 11) is 0. The Balaban J connectivity index is 2.34. The molecule has 106 valence electrons. The molecule has 2 nitrogen and oxygen atoms in total. The number of anilines is 1. The standard InChI is InChI=1S/C17H21BrN2/c1-11-7-14(18)9-15(8-11)20-16(10-19)17-12(2)5-4-6-13(17)3/h4-9,16,20H,10,19H2,1-3H3. The minimum Gasteiger partial charge on any atom is -0.377 e. The molecule has 0 aliphatic heterocycles. The molecule has 0 amide bonds. The minimum absolute atomic E-state index is 0.130. The van der Waals surface area contributed by atoms with Crippen LogP contribution in [0.4, 0.5) is 5.69 Å². The smallest absolute Gasteiger partial charge is 0.0641 e. The summed E-state index contributed by atoms with van der Waals surface area (Å²) in [6.07, 6.45) is 0. The molecular weight excluding hydrogens is 312 g/mol. The average Bonchev–Trinajstić information content (AvgIpc) is 2.36. The summed E-state index contributed by atoms with van der Waals surface area (Å²) in [4.78, 5) is 0. The predicted molar refractivity (Wildman–Crippen MR) is 90.2 cm³/mol. The van der Waals surface area contributed by atoms with Crippen LogP contribution in [0.3, 0.4) is 0 Å². The Morgan fingerprint density at radius 2 is 1.75 bits per heavy atom. The van der Waals surface area contributed by atoms with Crippen LogP contribution in [0, 0.1) is 20.8 Å². The molecule has 0 bridgehead atoms. The minimum atomic E-state index is 0.130. The van der Waals surface area contributed by atoms with Crippen LogP contribution in [-0.4, -0.2) is 6.54 Å². The quantitative estimate of drug-likeness (QED) is 0.865. The first-order chi connectivity index (χ1) is 9.51. The van der Waals surface area contributed by atoms with E-state index in [1.807, 2.05) is 0 Å². The fraction of sp³-hybridized carbons (Fsp3) is 0.294. The van der Waals surface area contributed by atoms with Gasteiger partial charge < -0.3 is 11.1 Å². The number of nitrogens with two attached hydrogens (primary N) is 1. The van der Waals surface area contributed by atoms with Gasteiger partial charge in [0.2, 0.25) is 0 Å². The van der Waals surface area contributed by atoms with E-state index in [9.17, 15) is 0 Å². The molecule has 0 radical (unpaired) electrons. The van der Waals surface area contributed by atoms with Gasteiger partial charge in [-0.3, -0.25) is 0 Å². The van der Waals surface area contributed by atoms with Crippen molar-refractivity contribution in [1.82, 2.24) is 0 Å². The molecular formula is C17H21BrN2. The third kappa shape index (κ3) is 3.41. The van der Waals surface area contributed by atoms with Gasteiger partial charge in [0.25, 0.3) is 0 Å². The normalized spacial score (nSPS) is 12.2. The number of hydrogen-bond acceptors (Lipinski definition) is 2. The van der Waals surface area contributed by atoms with Crippen LogP contribution in [0.15, 0.2) is 40.9 Å². The summed E-state index contributed by atoms with van der Waals surface area (Å²) in [6.45, 7) is 6.93. The van der Waals surface area contributed by atoms with Crippen LogP contribution in [0.1, 0.15) is 28.3 Å². The van der Waals surface area contributed by atoms with Crippen LogP contribution >= 0.6 is 15.9 Å². The molecule has 1 atom stereocenters. The number of hydrogen-bond donors (Lipinski definition) is 2. The van der Waals surface area contributed by atoms with E-state index in [0.29, 0.717) is 6.54 Å². The lowest BCUT2D eigenvalue weighted by Crippen LogP contribution is -2.22. The van der Waals surface area contributed by atoms with E-state index in [0.717, 1.165) is 10.2 Å². The van der Waals surface area contributed by atoms with Gasteiger partial charge in [-0.15, -0.1) is 0 Å². The van der Waals surface area contributed by atoms with E-state index in [-0.39, 0.29) is 6.04 Å². The van der Waals surface area contributed by atoms with Gasteiger partial charge in [-0.25, -0.2) is 0 Å². The van der Waals surface area contributed by atoms with Gasteiger partial charge in [0.15, 0.2) is 0 Å². The van der Waals surface area contributed by atoms with Crippen molar-refractivity contribution in [3.8, 4) is 0 Å². The molecule has 1 unspecified atom stereocenters.